The van der Waals surface area contributed by atoms with E-state index in [0.717, 1.165) is 18.8 Å². The average Bonchev–Trinajstić information content (AvgIpc) is 3.09. The van der Waals surface area contributed by atoms with E-state index in [1.165, 1.54) is 18.4 Å². The summed E-state index contributed by atoms with van der Waals surface area (Å²) < 4.78 is 0. The summed E-state index contributed by atoms with van der Waals surface area (Å²) >= 11 is 0. The lowest BCUT2D eigenvalue weighted by Crippen LogP contribution is -2.32. The van der Waals surface area contributed by atoms with Crippen molar-refractivity contribution in [1.82, 2.24) is 10.3 Å². The van der Waals surface area contributed by atoms with Crippen molar-refractivity contribution in [2.75, 3.05) is 18.0 Å². The van der Waals surface area contributed by atoms with Crippen molar-refractivity contribution in [3.05, 3.63) is 72.4 Å². The van der Waals surface area contributed by atoms with Crippen LogP contribution in [0.15, 0.2) is 61.3 Å². The molecule has 1 saturated heterocycles. The number of aromatic nitrogens is 1. The minimum atomic E-state index is -0.115. The van der Waals surface area contributed by atoms with Gasteiger partial charge >= 0.3 is 0 Å². The molecule has 1 aliphatic heterocycles. The molecule has 1 aromatic heterocycles. The quantitative estimate of drug-likeness (QED) is 0.831. The van der Waals surface area contributed by atoms with Crippen LogP contribution in [0, 0.1) is 0 Å². The fourth-order valence-electron chi connectivity index (χ4n) is 3.19. The lowest BCUT2D eigenvalue weighted by atomic mass is 10.0. The Hall–Kier alpha value is -2.62. The highest BCUT2D eigenvalue weighted by atomic mass is 16.1. The summed E-state index contributed by atoms with van der Waals surface area (Å²) in [4.78, 5) is 18.8. The highest BCUT2D eigenvalue weighted by molar-refractivity contribution is 5.94. The molecule has 1 atom stereocenters. The number of carbonyl (C=O) groups excluding carboxylic acids is 1. The SMILES string of the molecule is C=CCNC(=O)c1ccc(N2CCCC2Cc2ccccc2)nc1. The van der Waals surface area contributed by atoms with E-state index in [2.05, 4.69) is 46.0 Å². The van der Waals surface area contributed by atoms with Crippen LogP contribution in [0.5, 0.6) is 0 Å². The molecule has 0 radical (unpaired) electrons. The first-order chi connectivity index (χ1) is 11.8. The standard InChI is InChI=1S/C20H23N3O/c1-2-12-21-20(24)17-10-11-19(22-15-17)23-13-6-9-18(23)14-16-7-4-3-5-8-16/h2-5,7-8,10-11,15,18H,1,6,9,12-14H2,(H,21,24). The molecule has 1 aromatic carbocycles. The fourth-order valence-corrected chi connectivity index (χ4v) is 3.19. The molecule has 0 saturated carbocycles. The maximum atomic E-state index is 11.9. The number of hydrogen-bond acceptors (Lipinski definition) is 3. The van der Waals surface area contributed by atoms with E-state index in [4.69, 9.17) is 0 Å². The molecule has 1 fully saturated rings. The summed E-state index contributed by atoms with van der Waals surface area (Å²) in [5.74, 6) is 0.838. The number of rotatable bonds is 6. The minimum absolute atomic E-state index is 0.115. The Morgan fingerprint density at radius 3 is 2.83 bits per heavy atom. The van der Waals surface area contributed by atoms with E-state index in [1.807, 2.05) is 18.2 Å². The van der Waals surface area contributed by atoms with Crippen molar-refractivity contribution < 1.29 is 4.79 Å². The van der Waals surface area contributed by atoms with Crippen molar-refractivity contribution in [3.63, 3.8) is 0 Å². The van der Waals surface area contributed by atoms with Gasteiger partial charge in [0.1, 0.15) is 5.82 Å². The lowest BCUT2D eigenvalue weighted by molar-refractivity contribution is 0.0957. The third kappa shape index (κ3) is 3.82. The van der Waals surface area contributed by atoms with Crippen LogP contribution in [0.25, 0.3) is 0 Å². The van der Waals surface area contributed by atoms with Gasteiger partial charge in [0, 0.05) is 25.3 Å². The molecule has 3 rings (SSSR count). The van der Waals surface area contributed by atoms with Gasteiger partial charge in [-0.25, -0.2) is 4.98 Å². The molecule has 1 N–H and O–H groups in total. The van der Waals surface area contributed by atoms with E-state index >= 15 is 0 Å². The van der Waals surface area contributed by atoms with Crippen LogP contribution in [0.3, 0.4) is 0 Å². The normalized spacial score (nSPS) is 16.8. The predicted molar refractivity (Wildman–Crippen MR) is 97.3 cm³/mol. The highest BCUT2D eigenvalue weighted by Crippen LogP contribution is 2.26. The number of benzene rings is 1. The third-order valence-corrected chi connectivity index (χ3v) is 4.40. The first-order valence-electron chi connectivity index (χ1n) is 8.43. The van der Waals surface area contributed by atoms with Gasteiger partial charge in [-0.2, -0.15) is 0 Å². The van der Waals surface area contributed by atoms with E-state index < -0.39 is 0 Å². The number of pyridine rings is 1. The van der Waals surface area contributed by atoms with Gasteiger partial charge in [-0.15, -0.1) is 6.58 Å². The number of amides is 1. The van der Waals surface area contributed by atoms with Crippen molar-refractivity contribution in [3.8, 4) is 0 Å². The van der Waals surface area contributed by atoms with Crippen LogP contribution in [-0.4, -0.2) is 30.0 Å². The molecule has 2 aromatic rings. The zero-order valence-electron chi connectivity index (χ0n) is 13.8. The van der Waals surface area contributed by atoms with Crippen LogP contribution in [0.1, 0.15) is 28.8 Å². The molecule has 1 amide bonds. The van der Waals surface area contributed by atoms with Crippen molar-refractivity contribution >= 4 is 11.7 Å². The molecule has 0 aliphatic carbocycles. The van der Waals surface area contributed by atoms with Crippen LogP contribution in [0.4, 0.5) is 5.82 Å². The van der Waals surface area contributed by atoms with E-state index in [0.29, 0.717) is 18.2 Å². The second-order valence-electron chi connectivity index (χ2n) is 6.08. The average molecular weight is 321 g/mol. The number of hydrogen-bond donors (Lipinski definition) is 1. The highest BCUT2D eigenvalue weighted by Gasteiger charge is 2.25. The Morgan fingerprint density at radius 1 is 1.29 bits per heavy atom. The van der Waals surface area contributed by atoms with Gasteiger partial charge in [0.25, 0.3) is 5.91 Å². The van der Waals surface area contributed by atoms with E-state index in [9.17, 15) is 4.79 Å². The number of nitrogens with one attached hydrogen (secondary N) is 1. The molecule has 0 bridgehead atoms. The van der Waals surface area contributed by atoms with Crippen LogP contribution in [0.2, 0.25) is 0 Å². The van der Waals surface area contributed by atoms with Crippen LogP contribution in [-0.2, 0) is 6.42 Å². The Bertz CT molecular complexity index is 682. The number of carbonyl (C=O) groups is 1. The Kier molecular flexibility index (Phi) is 5.26. The van der Waals surface area contributed by atoms with Crippen molar-refractivity contribution in [1.29, 1.82) is 0 Å². The summed E-state index contributed by atoms with van der Waals surface area (Å²) in [6, 6.07) is 14.8. The number of nitrogens with zero attached hydrogens (tertiary/aromatic N) is 2. The van der Waals surface area contributed by atoms with Crippen molar-refractivity contribution in [2.24, 2.45) is 0 Å². The second-order valence-corrected chi connectivity index (χ2v) is 6.08. The summed E-state index contributed by atoms with van der Waals surface area (Å²) in [6.07, 6.45) is 6.72. The molecule has 4 nitrogen and oxygen atoms in total. The predicted octanol–water partition coefficient (Wildman–Crippen LogP) is 3.21. The fraction of sp³-hybridized carbons (Fsp3) is 0.300. The first kappa shape index (κ1) is 16.2. The summed E-state index contributed by atoms with van der Waals surface area (Å²) in [7, 11) is 0. The molecule has 2 heterocycles. The third-order valence-electron chi connectivity index (χ3n) is 4.40. The summed E-state index contributed by atoms with van der Waals surface area (Å²) in [5, 5.41) is 2.77. The number of anilines is 1. The van der Waals surface area contributed by atoms with Gasteiger partial charge in [-0.1, -0.05) is 36.4 Å². The molecule has 1 unspecified atom stereocenters. The lowest BCUT2D eigenvalue weighted by Gasteiger charge is -2.26. The zero-order valence-corrected chi connectivity index (χ0v) is 13.8. The molecule has 0 spiro atoms. The Morgan fingerprint density at radius 2 is 2.12 bits per heavy atom. The minimum Gasteiger partial charge on any atom is -0.353 e. The molecule has 124 valence electrons. The van der Waals surface area contributed by atoms with Gasteiger partial charge in [0.15, 0.2) is 0 Å². The maximum absolute atomic E-state index is 11.9. The first-order valence-corrected chi connectivity index (χ1v) is 8.43. The molecule has 4 heteroatoms. The zero-order chi connectivity index (χ0) is 16.8. The van der Waals surface area contributed by atoms with E-state index in [-0.39, 0.29) is 5.91 Å². The monoisotopic (exact) mass is 321 g/mol. The second kappa shape index (κ2) is 7.77. The summed E-state index contributed by atoms with van der Waals surface area (Å²) in [5.41, 5.74) is 1.94. The Labute approximate surface area is 143 Å². The molecule has 24 heavy (non-hydrogen) atoms. The molecular formula is C20H23N3O. The van der Waals surface area contributed by atoms with Crippen LogP contribution < -0.4 is 10.2 Å². The maximum Gasteiger partial charge on any atom is 0.253 e. The smallest absolute Gasteiger partial charge is 0.253 e. The van der Waals surface area contributed by atoms with E-state index in [1.54, 1.807) is 12.3 Å². The topological polar surface area (TPSA) is 45.2 Å². The van der Waals surface area contributed by atoms with Gasteiger partial charge in [0.2, 0.25) is 0 Å². The van der Waals surface area contributed by atoms with Gasteiger partial charge in [-0.3, -0.25) is 4.79 Å². The molecule has 1 aliphatic rings. The summed E-state index contributed by atoms with van der Waals surface area (Å²) in [6.45, 7) is 5.08. The van der Waals surface area contributed by atoms with Crippen molar-refractivity contribution in [2.45, 2.75) is 25.3 Å². The largest absolute Gasteiger partial charge is 0.353 e. The molecular weight excluding hydrogens is 298 g/mol. The van der Waals surface area contributed by atoms with Gasteiger partial charge in [0.05, 0.1) is 5.56 Å². The van der Waals surface area contributed by atoms with Gasteiger partial charge in [-0.05, 0) is 37.0 Å². The Balaban J connectivity index is 1.68. The van der Waals surface area contributed by atoms with Gasteiger partial charge < -0.3 is 10.2 Å². The van der Waals surface area contributed by atoms with Crippen LogP contribution >= 0.6 is 0 Å².